The van der Waals surface area contributed by atoms with Crippen molar-refractivity contribution >= 4 is 5.96 Å². The normalized spacial score (nSPS) is 21.6. The standard InChI is InChI=1S/C16H25N3O/c1-4-20-11-14-7-5-13(6-8-14)10-18-16(17-3)19-15-9-12(15)2/h5-8,12,15H,4,9-11H2,1-3H3,(H2,17,18,19). The zero-order chi connectivity index (χ0) is 14.4. The van der Waals surface area contributed by atoms with E-state index in [0.717, 1.165) is 25.0 Å². The van der Waals surface area contributed by atoms with Gasteiger partial charge in [-0.3, -0.25) is 4.99 Å². The molecule has 2 N–H and O–H groups in total. The van der Waals surface area contributed by atoms with E-state index >= 15 is 0 Å². The van der Waals surface area contributed by atoms with Crippen molar-refractivity contribution in [3.63, 3.8) is 0 Å². The molecule has 1 aliphatic rings. The number of ether oxygens (including phenoxy) is 1. The number of hydrogen-bond donors (Lipinski definition) is 2. The Labute approximate surface area is 121 Å². The first-order chi connectivity index (χ1) is 9.72. The van der Waals surface area contributed by atoms with Crippen LogP contribution in [0.5, 0.6) is 0 Å². The maximum absolute atomic E-state index is 5.39. The number of aliphatic imine (C=N–C) groups is 1. The Bertz CT molecular complexity index is 442. The molecule has 0 spiro atoms. The van der Waals surface area contributed by atoms with Crippen molar-refractivity contribution in [1.29, 1.82) is 0 Å². The summed E-state index contributed by atoms with van der Waals surface area (Å²) in [5.74, 6) is 1.66. The first-order valence-electron chi connectivity index (χ1n) is 7.35. The van der Waals surface area contributed by atoms with E-state index in [-0.39, 0.29) is 0 Å². The molecule has 110 valence electrons. The van der Waals surface area contributed by atoms with Crippen LogP contribution in [0.3, 0.4) is 0 Å². The Morgan fingerprint density at radius 3 is 2.50 bits per heavy atom. The van der Waals surface area contributed by atoms with Crippen LogP contribution < -0.4 is 10.6 Å². The molecule has 2 atom stereocenters. The van der Waals surface area contributed by atoms with E-state index in [1.165, 1.54) is 17.5 Å². The van der Waals surface area contributed by atoms with Gasteiger partial charge >= 0.3 is 0 Å². The van der Waals surface area contributed by atoms with Gasteiger partial charge in [0.1, 0.15) is 0 Å². The molecule has 0 saturated heterocycles. The number of rotatable bonds is 6. The van der Waals surface area contributed by atoms with Gasteiger partial charge in [-0.25, -0.2) is 0 Å². The third-order valence-electron chi connectivity index (χ3n) is 3.61. The fourth-order valence-corrected chi connectivity index (χ4v) is 2.05. The summed E-state index contributed by atoms with van der Waals surface area (Å²) in [6, 6.07) is 9.09. The smallest absolute Gasteiger partial charge is 0.191 e. The van der Waals surface area contributed by atoms with Gasteiger partial charge in [0, 0.05) is 26.2 Å². The fourth-order valence-electron chi connectivity index (χ4n) is 2.05. The number of nitrogens with one attached hydrogen (secondary N) is 2. The van der Waals surface area contributed by atoms with Gasteiger partial charge in [0.2, 0.25) is 0 Å². The summed E-state index contributed by atoms with van der Waals surface area (Å²) in [5.41, 5.74) is 2.46. The summed E-state index contributed by atoms with van der Waals surface area (Å²) in [6.45, 7) is 6.49. The molecule has 4 heteroatoms. The minimum atomic E-state index is 0.592. The van der Waals surface area contributed by atoms with E-state index in [1.54, 1.807) is 0 Å². The van der Waals surface area contributed by atoms with Crippen LogP contribution in [0.25, 0.3) is 0 Å². The van der Waals surface area contributed by atoms with Crippen molar-refractivity contribution in [3.8, 4) is 0 Å². The maximum Gasteiger partial charge on any atom is 0.191 e. The van der Waals surface area contributed by atoms with Crippen LogP contribution in [0.2, 0.25) is 0 Å². The first-order valence-corrected chi connectivity index (χ1v) is 7.35. The molecule has 2 unspecified atom stereocenters. The van der Waals surface area contributed by atoms with Crippen LogP contribution in [0.1, 0.15) is 31.4 Å². The summed E-state index contributed by atoms with van der Waals surface area (Å²) in [5, 5.41) is 6.77. The lowest BCUT2D eigenvalue weighted by Crippen LogP contribution is -2.38. The number of hydrogen-bond acceptors (Lipinski definition) is 2. The van der Waals surface area contributed by atoms with E-state index in [9.17, 15) is 0 Å². The number of nitrogens with zero attached hydrogens (tertiary/aromatic N) is 1. The van der Waals surface area contributed by atoms with Crippen molar-refractivity contribution in [3.05, 3.63) is 35.4 Å². The van der Waals surface area contributed by atoms with E-state index in [2.05, 4.69) is 46.8 Å². The Morgan fingerprint density at radius 2 is 1.95 bits per heavy atom. The molecule has 0 radical (unpaired) electrons. The molecule has 0 aromatic heterocycles. The van der Waals surface area contributed by atoms with Gasteiger partial charge in [0.15, 0.2) is 5.96 Å². The zero-order valence-electron chi connectivity index (χ0n) is 12.6. The zero-order valence-corrected chi connectivity index (χ0v) is 12.6. The second-order valence-corrected chi connectivity index (χ2v) is 5.34. The second kappa shape index (κ2) is 7.29. The van der Waals surface area contributed by atoms with Gasteiger partial charge in [-0.05, 0) is 30.4 Å². The Kier molecular flexibility index (Phi) is 5.41. The highest BCUT2D eigenvalue weighted by atomic mass is 16.5. The average molecular weight is 275 g/mol. The fraction of sp³-hybridized carbons (Fsp3) is 0.562. The van der Waals surface area contributed by atoms with Crippen LogP contribution in [-0.4, -0.2) is 25.7 Å². The Hall–Kier alpha value is -1.55. The lowest BCUT2D eigenvalue weighted by molar-refractivity contribution is 0.134. The second-order valence-electron chi connectivity index (χ2n) is 5.34. The Morgan fingerprint density at radius 1 is 1.30 bits per heavy atom. The van der Waals surface area contributed by atoms with Gasteiger partial charge in [-0.1, -0.05) is 31.2 Å². The molecule has 1 fully saturated rings. The first kappa shape index (κ1) is 14.9. The van der Waals surface area contributed by atoms with Crippen LogP contribution in [-0.2, 0) is 17.9 Å². The highest BCUT2D eigenvalue weighted by Gasteiger charge is 2.33. The minimum absolute atomic E-state index is 0.592. The van der Waals surface area contributed by atoms with Gasteiger partial charge in [-0.2, -0.15) is 0 Å². The van der Waals surface area contributed by atoms with Crippen LogP contribution in [0.15, 0.2) is 29.3 Å². The minimum Gasteiger partial charge on any atom is -0.377 e. The topological polar surface area (TPSA) is 45.6 Å². The van der Waals surface area contributed by atoms with Crippen LogP contribution in [0.4, 0.5) is 0 Å². The quantitative estimate of drug-likeness (QED) is 0.618. The van der Waals surface area contributed by atoms with Gasteiger partial charge < -0.3 is 15.4 Å². The number of benzene rings is 1. The molecule has 1 saturated carbocycles. The van der Waals surface area contributed by atoms with Crippen molar-refractivity contribution in [2.75, 3.05) is 13.7 Å². The summed E-state index contributed by atoms with van der Waals surface area (Å²) in [6.07, 6.45) is 1.24. The third-order valence-corrected chi connectivity index (χ3v) is 3.61. The molecular formula is C16H25N3O. The molecule has 1 aromatic rings. The molecule has 1 aromatic carbocycles. The highest BCUT2D eigenvalue weighted by molar-refractivity contribution is 5.80. The predicted molar refractivity (Wildman–Crippen MR) is 82.7 cm³/mol. The van der Waals surface area contributed by atoms with Gasteiger partial charge in [-0.15, -0.1) is 0 Å². The molecule has 0 aliphatic heterocycles. The third kappa shape index (κ3) is 4.53. The average Bonchev–Trinajstić information content (AvgIpc) is 3.17. The van der Waals surface area contributed by atoms with Crippen LogP contribution in [0, 0.1) is 5.92 Å². The van der Waals surface area contributed by atoms with Crippen molar-refractivity contribution in [1.82, 2.24) is 10.6 Å². The van der Waals surface area contributed by atoms with E-state index < -0.39 is 0 Å². The lowest BCUT2D eigenvalue weighted by Gasteiger charge is -2.12. The lowest BCUT2D eigenvalue weighted by atomic mass is 10.1. The summed E-state index contributed by atoms with van der Waals surface area (Å²) in [7, 11) is 1.81. The van der Waals surface area contributed by atoms with Crippen molar-refractivity contribution in [2.45, 2.75) is 39.5 Å². The van der Waals surface area contributed by atoms with Gasteiger partial charge in [0.05, 0.1) is 6.61 Å². The predicted octanol–water partition coefficient (Wildman–Crippen LogP) is 2.30. The molecule has 2 rings (SSSR count). The molecule has 0 amide bonds. The molecular weight excluding hydrogens is 250 g/mol. The molecule has 20 heavy (non-hydrogen) atoms. The number of guanidine groups is 1. The SMILES string of the molecule is CCOCc1ccc(CNC(=NC)NC2CC2C)cc1. The summed E-state index contributed by atoms with van der Waals surface area (Å²) >= 11 is 0. The van der Waals surface area contributed by atoms with Crippen molar-refractivity contribution in [2.24, 2.45) is 10.9 Å². The summed E-state index contributed by atoms with van der Waals surface area (Å²) < 4.78 is 5.39. The van der Waals surface area contributed by atoms with Crippen LogP contribution >= 0.6 is 0 Å². The van der Waals surface area contributed by atoms with E-state index in [0.29, 0.717) is 12.6 Å². The Balaban J connectivity index is 1.77. The maximum atomic E-state index is 5.39. The van der Waals surface area contributed by atoms with E-state index in [1.807, 2.05) is 14.0 Å². The van der Waals surface area contributed by atoms with E-state index in [4.69, 9.17) is 4.74 Å². The van der Waals surface area contributed by atoms with Crippen molar-refractivity contribution < 1.29 is 4.74 Å². The largest absolute Gasteiger partial charge is 0.377 e. The highest BCUT2D eigenvalue weighted by Crippen LogP contribution is 2.28. The molecule has 1 aliphatic carbocycles. The molecule has 0 heterocycles. The summed E-state index contributed by atoms with van der Waals surface area (Å²) in [4.78, 5) is 4.25. The monoisotopic (exact) mass is 275 g/mol. The molecule has 4 nitrogen and oxygen atoms in total. The van der Waals surface area contributed by atoms with Gasteiger partial charge in [0.25, 0.3) is 0 Å². The molecule has 0 bridgehead atoms.